The van der Waals surface area contributed by atoms with E-state index < -0.39 is 5.92 Å². The molecule has 4 rings (SSSR count). The summed E-state index contributed by atoms with van der Waals surface area (Å²) in [4.78, 5) is 38.8. The third-order valence-corrected chi connectivity index (χ3v) is 6.55. The Hall–Kier alpha value is -3.01. The smallest absolute Gasteiger partial charge is 0.252 e. The summed E-state index contributed by atoms with van der Waals surface area (Å²) < 4.78 is 0. The number of benzene rings is 2. The molecule has 0 bridgehead atoms. The van der Waals surface area contributed by atoms with Crippen LogP contribution in [0.25, 0.3) is 0 Å². The van der Waals surface area contributed by atoms with Crippen LogP contribution in [-0.2, 0) is 16.0 Å². The Morgan fingerprint density at radius 1 is 1.09 bits per heavy atom. The summed E-state index contributed by atoms with van der Waals surface area (Å²) in [5.41, 5.74) is 1.11. The molecule has 0 aliphatic carbocycles. The van der Waals surface area contributed by atoms with Gasteiger partial charge in [-0.1, -0.05) is 46.7 Å². The molecule has 1 atom stereocenters. The zero-order chi connectivity index (χ0) is 23.4. The summed E-state index contributed by atoms with van der Waals surface area (Å²) in [6.07, 6.45) is 0.574. The van der Waals surface area contributed by atoms with E-state index in [1.54, 1.807) is 53.4 Å². The lowest BCUT2D eigenvalue weighted by Crippen LogP contribution is -2.28. The molecule has 2 N–H and O–H groups in total. The second kappa shape index (κ2) is 10.3. The molecule has 0 spiro atoms. The first-order valence-corrected chi connectivity index (χ1v) is 11.7. The molecule has 3 aromatic rings. The normalized spacial score (nSPS) is 15.5. The largest absolute Gasteiger partial charge is 0.352 e. The number of amides is 3. The first-order chi connectivity index (χ1) is 15.9. The number of nitrogens with one attached hydrogen (secondary N) is 2. The highest BCUT2D eigenvalue weighted by Gasteiger charge is 2.35. The van der Waals surface area contributed by atoms with Crippen LogP contribution >= 0.6 is 34.5 Å². The van der Waals surface area contributed by atoms with Gasteiger partial charge in [-0.25, -0.2) is 0 Å². The summed E-state index contributed by atoms with van der Waals surface area (Å²) in [7, 11) is 0. The summed E-state index contributed by atoms with van der Waals surface area (Å²) in [5, 5.41) is 15.6. The minimum absolute atomic E-state index is 0.119. The topological polar surface area (TPSA) is 104 Å². The molecule has 170 valence electrons. The Kier molecular flexibility index (Phi) is 7.22. The van der Waals surface area contributed by atoms with Gasteiger partial charge in [-0.15, -0.1) is 10.2 Å². The highest BCUT2D eigenvalue weighted by Crippen LogP contribution is 2.27. The molecule has 8 nitrogen and oxygen atoms in total. The molecule has 1 unspecified atom stereocenters. The van der Waals surface area contributed by atoms with Crippen molar-refractivity contribution in [2.75, 3.05) is 23.3 Å². The lowest BCUT2D eigenvalue weighted by molar-refractivity contribution is -0.122. The van der Waals surface area contributed by atoms with E-state index in [9.17, 15) is 14.4 Å². The van der Waals surface area contributed by atoms with Crippen molar-refractivity contribution >= 4 is 63.1 Å². The summed E-state index contributed by atoms with van der Waals surface area (Å²) in [5.74, 6) is -1.16. The van der Waals surface area contributed by atoms with E-state index in [2.05, 4.69) is 20.8 Å². The van der Waals surface area contributed by atoms with Gasteiger partial charge in [0.1, 0.15) is 5.01 Å². The molecule has 1 saturated heterocycles. The second-order valence-electron chi connectivity index (χ2n) is 7.36. The van der Waals surface area contributed by atoms with Gasteiger partial charge in [-0.3, -0.25) is 14.4 Å². The fourth-order valence-electron chi connectivity index (χ4n) is 3.39. The number of carbonyl (C=O) groups is 3. The van der Waals surface area contributed by atoms with Gasteiger partial charge in [0.05, 0.1) is 16.5 Å². The zero-order valence-corrected chi connectivity index (χ0v) is 19.6. The van der Waals surface area contributed by atoms with Crippen LogP contribution in [0.2, 0.25) is 10.0 Å². The Bertz CT molecular complexity index is 1180. The number of halogens is 2. The van der Waals surface area contributed by atoms with Gasteiger partial charge in [-0.2, -0.15) is 0 Å². The van der Waals surface area contributed by atoms with Gasteiger partial charge >= 0.3 is 0 Å². The molecule has 1 aliphatic rings. The Balaban J connectivity index is 1.27. The van der Waals surface area contributed by atoms with Gasteiger partial charge in [0.2, 0.25) is 16.9 Å². The summed E-state index contributed by atoms with van der Waals surface area (Å²) in [6, 6.07) is 13.7. The minimum atomic E-state index is -0.490. The average molecular weight is 504 g/mol. The number of anilines is 2. The fraction of sp³-hybridized carbons (Fsp3) is 0.227. The van der Waals surface area contributed by atoms with E-state index in [1.165, 1.54) is 11.3 Å². The zero-order valence-electron chi connectivity index (χ0n) is 17.3. The lowest BCUT2D eigenvalue weighted by atomic mass is 10.1. The first-order valence-electron chi connectivity index (χ1n) is 10.1. The van der Waals surface area contributed by atoms with E-state index >= 15 is 0 Å². The first kappa shape index (κ1) is 23.2. The van der Waals surface area contributed by atoms with Crippen LogP contribution in [0.1, 0.15) is 21.8 Å². The highest BCUT2D eigenvalue weighted by atomic mass is 35.5. The molecule has 1 aliphatic heterocycles. The maximum atomic E-state index is 12.7. The SMILES string of the molecule is O=C(NCCc1nnc(NC(=O)C2CC(=O)N(c3ccc(Cl)cc3)C2)s1)c1ccccc1Cl. The van der Waals surface area contributed by atoms with E-state index in [0.717, 1.165) is 0 Å². The maximum Gasteiger partial charge on any atom is 0.252 e. The third-order valence-electron chi connectivity index (χ3n) is 5.07. The molecule has 2 aromatic carbocycles. The second-order valence-corrected chi connectivity index (χ2v) is 9.26. The van der Waals surface area contributed by atoms with Crippen molar-refractivity contribution in [3.63, 3.8) is 0 Å². The molecular weight excluding hydrogens is 485 g/mol. The fourth-order valence-corrected chi connectivity index (χ4v) is 4.48. The Morgan fingerprint density at radius 3 is 2.61 bits per heavy atom. The molecule has 1 aromatic heterocycles. The van der Waals surface area contributed by atoms with Crippen molar-refractivity contribution in [1.29, 1.82) is 0 Å². The molecule has 33 heavy (non-hydrogen) atoms. The van der Waals surface area contributed by atoms with Gasteiger partial charge in [0.25, 0.3) is 5.91 Å². The molecule has 0 radical (unpaired) electrons. The number of carbonyl (C=O) groups excluding carboxylic acids is 3. The number of rotatable bonds is 7. The van der Waals surface area contributed by atoms with E-state index in [4.69, 9.17) is 23.2 Å². The van der Waals surface area contributed by atoms with E-state index in [1.807, 2.05) is 0 Å². The Labute approximate surface area is 203 Å². The molecule has 3 amide bonds. The maximum absolute atomic E-state index is 12.7. The van der Waals surface area contributed by atoms with Crippen molar-refractivity contribution in [1.82, 2.24) is 15.5 Å². The Morgan fingerprint density at radius 2 is 1.85 bits per heavy atom. The van der Waals surface area contributed by atoms with Crippen LogP contribution in [0.3, 0.4) is 0 Å². The van der Waals surface area contributed by atoms with Crippen LogP contribution in [0.15, 0.2) is 48.5 Å². The quantitative estimate of drug-likeness (QED) is 0.510. The molecule has 0 saturated carbocycles. The van der Waals surface area contributed by atoms with Gasteiger partial charge < -0.3 is 15.5 Å². The van der Waals surface area contributed by atoms with Crippen LogP contribution in [0, 0.1) is 5.92 Å². The van der Waals surface area contributed by atoms with Gasteiger partial charge in [0.15, 0.2) is 0 Å². The summed E-state index contributed by atoms with van der Waals surface area (Å²) >= 11 is 13.2. The number of hydrogen-bond donors (Lipinski definition) is 2. The molecular formula is C22H19Cl2N5O3S. The van der Waals surface area contributed by atoms with Crippen molar-refractivity contribution in [3.05, 3.63) is 69.1 Å². The standard InChI is InChI=1S/C22H19Cl2N5O3S/c23-14-5-7-15(8-6-14)29-12-13(11-19(29)30)20(31)26-22-28-27-18(33-22)9-10-25-21(32)16-3-1-2-4-17(16)24/h1-8,13H,9-12H2,(H,25,32)(H,26,28,31). The van der Waals surface area contributed by atoms with Gasteiger partial charge in [-0.05, 0) is 36.4 Å². The lowest BCUT2D eigenvalue weighted by Gasteiger charge is -2.16. The van der Waals surface area contributed by atoms with Crippen molar-refractivity contribution in [3.8, 4) is 0 Å². The highest BCUT2D eigenvalue weighted by molar-refractivity contribution is 7.15. The van der Waals surface area contributed by atoms with Crippen LogP contribution in [0.5, 0.6) is 0 Å². The predicted octanol–water partition coefficient (Wildman–Crippen LogP) is 3.81. The van der Waals surface area contributed by atoms with Crippen LogP contribution < -0.4 is 15.5 Å². The summed E-state index contributed by atoms with van der Waals surface area (Å²) in [6.45, 7) is 0.631. The van der Waals surface area contributed by atoms with Crippen LogP contribution in [0.4, 0.5) is 10.8 Å². The van der Waals surface area contributed by atoms with Crippen LogP contribution in [-0.4, -0.2) is 41.0 Å². The minimum Gasteiger partial charge on any atom is -0.352 e. The number of hydrogen-bond acceptors (Lipinski definition) is 6. The van der Waals surface area contributed by atoms with Gasteiger partial charge in [0, 0.05) is 36.6 Å². The van der Waals surface area contributed by atoms with E-state index in [0.29, 0.717) is 44.4 Å². The monoisotopic (exact) mass is 503 g/mol. The number of aromatic nitrogens is 2. The van der Waals surface area contributed by atoms with E-state index in [-0.39, 0.29) is 30.7 Å². The average Bonchev–Trinajstić information content (AvgIpc) is 3.41. The van der Waals surface area contributed by atoms with Crippen molar-refractivity contribution in [2.45, 2.75) is 12.8 Å². The predicted molar refractivity (Wildman–Crippen MR) is 128 cm³/mol. The van der Waals surface area contributed by atoms with Crippen molar-refractivity contribution < 1.29 is 14.4 Å². The molecule has 1 fully saturated rings. The third kappa shape index (κ3) is 5.68. The molecule has 11 heteroatoms. The van der Waals surface area contributed by atoms with Crippen molar-refractivity contribution in [2.24, 2.45) is 5.92 Å². The molecule has 2 heterocycles. The number of nitrogens with zero attached hydrogens (tertiary/aromatic N) is 3.